The third kappa shape index (κ3) is 4.37. The average molecular weight is 279 g/mol. The number of hydrogen-bond acceptors (Lipinski definition) is 3. The Bertz CT molecular complexity index is 527. The summed E-state index contributed by atoms with van der Waals surface area (Å²) < 4.78 is 1.73. The molecule has 0 radical (unpaired) electrons. The molecule has 0 saturated heterocycles. The summed E-state index contributed by atoms with van der Waals surface area (Å²) in [5.41, 5.74) is 1.85. The molecule has 1 N–H and O–H groups in total. The largest absolute Gasteiger partial charge is 0.326 e. The molecule has 0 atom stereocenters. The number of amides is 1. The fraction of sp³-hybridized carbons (Fsp3) is 0.308. The van der Waals surface area contributed by atoms with Crippen LogP contribution < -0.4 is 5.32 Å². The van der Waals surface area contributed by atoms with Gasteiger partial charge in [0.25, 0.3) is 0 Å². The van der Waals surface area contributed by atoms with E-state index in [-0.39, 0.29) is 5.91 Å². The first kappa shape index (κ1) is 13.5. The maximum Gasteiger partial charge on any atom is 0.224 e. The van der Waals surface area contributed by atoms with Crippen LogP contribution in [0.2, 0.25) is 0 Å². The highest BCUT2D eigenvalue weighted by Gasteiger charge is 2.03. The van der Waals surface area contributed by atoms with Gasteiger partial charge in [-0.25, -0.2) is 9.67 Å². The van der Waals surface area contributed by atoms with Crippen molar-refractivity contribution in [2.75, 3.05) is 11.2 Å². The number of carbonyl (C=O) groups is 1. The number of carbonyl (C=O) groups excluding carboxylic acids is 1. The molecular weight excluding hydrogens is 264 g/mol. The zero-order valence-corrected chi connectivity index (χ0v) is 11.2. The van der Waals surface area contributed by atoms with E-state index < -0.39 is 0 Å². The van der Waals surface area contributed by atoms with Crippen LogP contribution in [0.15, 0.2) is 36.9 Å². The van der Waals surface area contributed by atoms with E-state index in [2.05, 4.69) is 15.4 Å². The van der Waals surface area contributed by atoms with Crippen molar-refractivity contribution in [1.29, 1.82) is 0 Å². The molecule has 0 aliphatic carbocycles. The van der Waals surface area contributed by atoms with Crippen molar-refractivity contribution in [1.82, 2.24) is 14.8 Å². The number of hydrogen-bond donors (Lipinski definition) is 1. The topological polar surface area (TPSA) is 59.8 Å². The van der Waals surface area contributed by atoms with Crippen molar-refractivity contribution in [3.8, 4) is 0 Å². The zero-order chi connectivity index (χ0) is 13.5. The minimum atomic E-state index is -0.0152. The molecule has 0 spiro atoms. The fourth-order valence-corrected chi connectivity index (χ4v) is 1.83. The molecule has 0 aliphatic heterocycles. The average Bonchev–Trinajstić information content (AvgIpc) is 2.89. The van der Waals surface area contributed by atoms with E-state index in [1.165, 1.54) is 6.33 Å². The monoisotopic (exact) mass is 278 g/mol. The van der Waals surface area contributed by atoms with Crippen LogP contribution in [-0.4, -0.2) is 26.6 Å². The Labute approximate surface area is 116 Å². The first-order valence-electron chi connectivity index (χ1n) is 6.05. The number of nitrogens with zero attached hydrogens (tertiary/aromatic N) is 3. The van der Waals surface area contributed by atoms with Gasteiger partial charge < -0.3 is 5.32 Å². The Morgan fingerprint density at radius 3 is 3.05 bits per heavy atom. The fourth-order valence-electron chi connectivity index (χ4n) is 1.70. The highest BCUT2D eigenvalue weighted by atomic mass is 35.5. The van der Waals surface area contributed by atoms with Crippen LogP contribution in [0.5, 0.6) is 0 Å². The molecule has 0 bridgehead atoms. The van der Waals surface area contributed by atoms with E-state index in [1.807, 2.05) is 24.3 Å². The second kappa shape index (κ2) is 6.89. The normalized spacial score (nSPS) is 10.4. The van der Waals surface area contributed by atoms with Crippen LogP contribution in [-0.2, 0) is 11.3 Å². The SMILES string of the molecule is O=C(CCCCl)Nc1cccc(Cn2cncn2)c1. The summed E-state index contributed by atoms with van der Waals surface area (Å²) in [6, 6.07) is 7.68. The second-order valence-corrected chi connectivity index (χ2v) is 4.51. The van der Waals surface area contributed by atoms with Crippen LogP contribution in [0.3, 0.4) is 0 Å². The Kier molecular flexibility index (Phi) is 4.92. The number of aromatic nitrogens is 3. The standard InChI is InChI=1S/C13H15ClN4O/c14-6-2-5-13(19)17-12-4-1-3-11(7-12)8-18-10-15-9-16-18/h1,3-4,7,9-10H,2,5-6,8H2,(H,17,19). The molecule has 1 amide bonds. The van der Waals surface area contributed by atoms with Crippen molar-refractivity contribution in [2.45, 2.75) is 19.4 Å². The highest BCUT2D eigenvalue weighted by molar-refractivity contribution is 6.18. The molecular formula is C13H15ClN4O. The summed E-state index contributed by atoms with van der Waals surface area (Å²) in [6.45, 7) is 0.630. The number of benzene rings is 1. The quantitative estimate of drug-likeness (QED) is 0.825. The van der Waals surface area contributed by atoms with E-state index >= 15 is 0 Å². The predicted octanol–water partition coefficient (Wildman–Crippen LogP) is 2.28. The zero-order valence-electron chi connectivity index (χ0n) is 10.4. The van der Waals surface area contributed by atoms with Crippen molar-refractivity contribution < 1.29 is 4.79 Å². The molecule has 0 saturated carbocycles. The summed E-state index contributed by atoms with van der Waals surface area (Å²) in [4.78, 5) is 15.5. The molecule has 100 valence electrons. The summed E-state index contributed by atoms with van der Waals surface area (Å²) >= 11 is 5.56. The van der Waals surface area contributed by atoms with Crippen molar-refractivity contribution in [3.05, 3.63) is 42.5 Å². The van der Waals surface area contributed by atoms with Crippen molar-refractivity contribution >= 4 is 23.2 Å². The summed E-state index contributed by atoms with van der Waals surface area (Å²) in [6.07, 6.45) is 4.28. The van der Waals surface area contributed by atoms with E-state index in [9.17, 15) is 4.79 Å². The van der Waals surface area contributed by atoms with Gasteiger partial charge in [-0.15, -0.1) is 11.6 Å². The van der Waals surface area contributed by atoms with Crippen molar-refractivity contribution in [2.24, 2.45) is 0 Å². The van der Waals surface area contributed by atoms with Crippen LogP contribution in [0, 0.1) is 0 Å². The first-order chi connectivity index (χ1) is 9.28. The number of halogens is 1. The third-order valence-electron chi connectivity index (χ3n) is 2.56. The van der Waals surface area contributed by atoms with Gasteiger partial charge in [0.2, 0.25) is 5.91 Å². The number of rotatable bonds is 6. The number of alkyl halides is 1. The van der Waals surface area contributed by atoms with Crippen LogP contribution in [0.1, 0.15) is 18.4 Å². The van der Waals surface area contributed by atoms with Gasteiger partial charge in [0.05, 0.1) is 6.54 Å². The summed E-state index contributed by atoms with van der Waals surface area (Å²) in [7, 11) is 0. The molecule has 1 aromatic carbocycles. The Morgan fingerprint density at radius 1 is 1.42 bits per heavy atom. The van der Waals surface area contributed by atoms with Gasteiger partial charge in [-0.2, -0.15) is 5.10 Å². The Morgan fingerprint density at radius 2 is 2.32 bits per heavy atom. The van der Waals surface area contributed by atoms with Gasteiger partial charge in [-0.05, 0) is 24.1 Å². The van der Waals surface area contributed by atoms with Gasteiger partial charge >= 0.3 is 0 Å². The van der Waals surface area contributed by atoms with Gasteiger partial charge in [0, 0.05) is 18.0 Å². The molecule has 5 nitrogen and oxygen atoms in total. The lowest BCUT2D eigenvalue weighted by Crippen LogP contribution is -2.11. The molecule has 1 aromatic heterocycles. The first-order valence-corrected chi connectivity index (χ1v) is 6.58. The number of nitrogens with one attached hydrogen (secondary N) is 1. The molecule has 6 heteroatoms. The lowest BCUT2D eigenvalue weighted by molar-refractivity contribution is -0.116. The third-order valence-corrected chi connectivity index (χ3v) is 2.83. The molecule has 2 aromatic rings. The maximum absolute atomic E-state index is 11.6. The molecule has 0 aliphatic rings. The Hall–Kier alpha value is -1.88. The number of anilines is 1. The van der Waals surface area contributed by atoms with Gasteiger partial charge in [-0.3, -0.25) is 4.79 Å². The molecule has 1 heterocycles. The van der Waals surface area contributed by atoms with Crippen LogP contribution >= 0.6 is 11.6 Å². The summed E-state index contributed by atoms with van der Waals surface area (Å²) in [5, 5.41) is 6.90. The van der Waals surface area contributed by atoms with E-state index in [0.717, 1.165) is 11.3 Å². The predicted molar refractivity (Wildman–Crippen MR) is 74.1 cm³/mol. The second-order valence-electron chi connectivity index (χ2n) is 4.13. The van der Waals surface area contributed by atoms with Crippen molar-refractivity contribution in [3.63, 3.8) is 0 Å². The maximum atomic E-state index is 11.6. The Balaban J connectivity index is 1.97. The molecule has 0 unspecified atom stereocenters. The minimum Gasteiger partial charge on any atom is -0.326 e. The van der Waals surface area contributed by atoms with Crippen LogP contribution in [0.4, 0.5) is 5.69 Å². The minimum absolute atomic E-state index is 0.0152. The highest BCUT2D eigenvalue weighted by Crippen LogP contribution is 2.12. The van der Waals surface area contributed by atoms with E-state index in [0.29, 0.717) is 25.3 Å². The molecule has 19 heavy (non-hydrogen) atoms. The lowest BCUT2D eigenvalue weighted by atomic mass is 10.2. The smallest absolute Gasteiger partial charge is 0.224 e. The lowest BCUT2D eigenvalue weighted by Gasteiger charge is -2.07. The van der Waals surface area contributed by atoms with E-state index in [1.54, 1.807) is 11.0 Å². The van der Waals surface area contributed by atoms with Gasteiger partial charge in [-0.1, -0.05) is 12.1 Å². The molecule has 0 fully saturated rings. The summed E-state index contributed by atoms with van der Waals surface area (Å²) in [5.74, 6) is 0.485. The molecule has 2 rings (SSSR count). The van der Waals surface area contributed by atoms with E-state index in [4.69, 9.17) is 11.6 Å². The van der Waals surface area contributed by atoms with Gasteiger partial charge in [0.15, 0.2) is 0 Å². The van der Waals surface area contributed by atoms with Crippen LogP contribution in [0.25, 0.3) is 0 Å². The van der Waals surface area contributed by atoms with Gasteiger partial charge in [0.1, 0.15) is 12.7 Å².